The van der Waals surface area contributed by atoms with Gasteiger partial charge in [0.15, 0.2) is 0 Å². The fourth-order valence-electron chi connectivity index (χ4n) is 0. The third kappa shape index (κ3) is 122. The first-order valence-electron chi connectivity index (χ1n) is 1.04. The normalized spacial score (nSPS) is 4.80. The Labute approximate surface area is 42.9 Å². The van der Waals surface area contributed by atoms with Crippen molar-refractivity contribution in [1.82, 2.24) is 0 Å². The van der Waals surface area contributed by atoms with Crippen molar-refractivity contribution in [2.75, 3.05) is 0 Å². The molecule has 0 saturated carbocycles. The molecule has 0 unspecified atom stereocenters. The molecule has 0 aliphatic heterocycles. The van der Waals surface area contributed by atoms with Crippen molar-refractivity contribution in [2.24, 2.45) is 0 Å². The zero-order valence-corrected chi connectivity index (χ0v) is 4.49. The van der Waals surface area contributed by atoms with Gasteiger partial charge in [0.1, 0.15) is 0 Å². The van der Waals surface area contributed by atoms with Crippen LogP contribution in [0.25, 0.3) is 0 Å². The average Bonchev–Trinajstić information content (AvgIpc) is 1.46. The Morgan fingerprint density at radius 3 is 1.80 bits per heavy atom. The van der Waals surface area contributed by atoms with Crippen molar-refractivity contribution in [3.05, 3.63) is 6.61 Å². The molecule has 2 nitrogen and oxygen atoms in total. The fourth-order valence-corrected chi connectivity index (χ4v) is 0. The van der Waals surface area contributed by atoms with Gasteiger partial charge in [0, 0.05) is 0 Å². The van der Waals surface area contributed by atoms with Gasteiger partial charge in [0.2, 0.25) is 0 Å². The monoisotopic (exact) mass is 109 g/mol. The molecule has 0 aliphatic rings. The Hall–Kier alpha value is 0.474. The number of aliphatic hydroxyl groups is 1. The molecule has 1 N–H and O–H groups in total. The fraction of sp³-hybridized carbons (Fsp3) is 0.500. The molecule has 0 saturated heterocycles. The molecule has 0 amide bonds. The third-order valence-corrected chi connectivity index (χ3v) is 0. The zero-order chi connectivity index (χ0) is 4.71. The molecule has 0 fully saturated rings. The van der Waals surface area contributed by atoms with E-state index in [2.05, 4.69) is 0 Å². The SMILES string of the molecule is C[CH-]O.[O]=[Ti+]. The molecule has 5 heavy (non-hydrogen) atoms. The Morgan fingerprint density at radius 2 is 1.80 bits per heavy atom. The summed E-state index contributed by atoms with van der Waals surface area (Å²) < 4.78 is 8.25. The molecule has 0 bridgehead atoms. The van der Waals surface area contributed by atoms with Crippen LogP contribution in [0.3, 0.4) is 0 Å². The molecular weight excluding hydrogens is 104 g/mol. The van der Waals surface area contributed by atoms with E-state index < -0.39 is 0 Å². The third-order valence-electron chi connectivity index (χ3n) is 0. The van der Waals surface area contributed by atoms with E-state index in [9.17, 15) is 0 Å². The minimum absolute atomic E-state index is 0.750. The predicted molar refractivity (Wildman–Crippen MR) is 12.6 cm³/mol. The van der Waals surface area contributed by atoms with Crippen LogP contribution in [-0.2, 0) is 23.7 Å². The van der Waals surface area contributed by atoms with Gasteiger partial charge in [0.05, 0.1) is 0 Å². The van der Waals surface area contributed by atoms with E-state index in [-0.39, 0.29) is 0 Å². The van der Waals surface area contributed by atoms with E-state index in [0.29, 0.717) is 0 Å². The Balaban J connectivity index is 0. The minimum atomic E-state index is 0.750. The van der Waals surface area contributed by atoms with Crippen molar-refractivity contribution in [1.29, 1.82) is 0 Å². The Bertz CT molecular complexity index is 11.6. The van der Waals surface area contributed by atoms with Gasteiger partial charge in [-0.2, -0.15) is 6.92 Å². The summed E-state index contributed by atoms with van der Waals surface area (Å²) in [6, 6.07) is 0. The van der Waals surface area contributed by atoms with Crippen molar-refractivity contribution < 1.29 is 28.8 Å². The van der Waals surface area contributed by atoms with Gasteiger partial charge in [-0.1, -0.05) is 0 Å². The van der Waals surface area contributed by atoms with Gasteiger partial charge < -0.3 is 5.11 Å². The molecule has 0 atom stereocenters. The molecular formula is C2H5O2Ti. The van der Waals surface area contributed by atoms with Gasteiger partial charge in [-0.25, -0.2) is 6.61 Å². The molecule has 3 heteroatoms. The van der Waals surface area contributed by atoms with Crippen molar-refractivity contribution in [3.8, 4) is 0 Å². The first-order chi connectivity index (χ1) is 2.41. The molecule has 0 radical (unpaired) electrons. The second-order valence-electron chi connectivity index (χ2n) is 0.258. The summed E-state index contributed by atoms with van der Waals surface area (Å²) in [6.45, 7) is 2.56. The summed E-state index contributed by atoms with van der Waals surface area (Å²) in [5, 5.41) is 7.44. The Kier molecular flexibility index (Phi) is 45.1. The Morgan fingerprint density at radius 1 is 1.80 bits per heavy atom. The van der Waals surface area contributed by atoms with E-state index in [1.165, 1.54) is 0 Å². The summed E-state index contributed by atoms with van der Waals surface area (Å²) in [7, 11) is 0. The summed E-state index contributed by atoms with van der Waals surface area (Å²) in [5.74, 6) is 0. The van der Waals surface area contributed by atoms with Crippen LogP contribution in [0, 0.1) is 6.61 Å². The number of hydrogen-bond donors (Lipinski definition) is 1. The number of hydrogen-bond acceptors (Lipinski definition) is 2. The maximum atomic E-state index is 8.25. The van der Waals surface area contributed by atoms with Crippen molar-refractivity contribution in [3.63, 3.8) is 0 Å². The average molecular weight is 109 g/mol. The molecule has 29 valence electrons. The van der Waals surface area contributed by atoms with E-state index in [4.69, 9.17) is 8.43 Å². The molecule has 0 rings (SSSR count). The van der Waals surface area contributed by atoms with Crippen molar-refractivity contribution in [2.45, 2.75) is 6.92 Å². The van der Waals surface area contributed by atoms with Gasteiger partial charge in [-0.3, -0.25) is 0 Å². The van der Waals surface area contributed by atoms with Gasteiger partial charge in [0.25, 0.3) is 0 Å². The molecule has 0 aromatic rings. The second-order valence-corrected chi connectivity index (χ2v) is 0.258. The molecule has 0 spiro atoms. The van der Waals surface area contributed by atoms with Gasteiger partial charge >= 0.3 is 23.7 Å². The van der Waals surface area contributed by atoms with Gasteiger partial charge in [-0.15, -0.1) is 0 Å². The second kappa shape index (κ2) is 24.8. The first-order valence-corrected chi connectivity index (χ1v) is 1.68. The van der Waals surface area contributed by atoms with Crippen LogP contribution in [0.4, 0.5) is 0 Å². The zero-order valence-electron chi connectivity index (χ0n) is 2.93. The van der Waals surface area contributed by atoms with E-state index in [0.717, 1.165) is 27.0 Å². The standard InChI is InChI=1S/C2H5O.O.Ti/c1-2-3;;/h2-3H,1H3;;/q-1;;+1. The van der Waals surface area contributed by atoms with E-state index in [1.54, 1.807) is 6.92 Å². The van der Waals surface area contributed by atoms with Crippen LogP contribution >= 0.6 is 0 Å². The summed E-state index contributed by atoms with van der Waals surface area (Å²) in [6.07, 6.45) is 0. The van der Waals surface area contributed by atoms with Crippen LogP contribution in [0.2, 0.25) is 0 Å². The maximum absolute atomic E-state index is 8.25. The van der Waals surface area contributed by atoms with Crippen molar-refractivity contribution >= 4 is 0 Å². The molecule has 0 aliphatic carbocycles. The summed E-state index contributed by atoms with van der Waals surface area (Å²) in [5.41, 5.74) is 0. The quantitative estimate of drug-likeness (QED) is 0.361. The first kappa shape index (κ1) is 9.08. The van der Waals surface area contributed by atoms with Crippen LogP contribution in [0.1, 0.15) is 6.92 Å². The van der Waals surface area contributed by atoms with Crippen LogP contribution in [0.15, 0.2) is 0 Å². The number of rotatable bonds is 0. The predicted octanol–water partition coefficient (Wildman–Crippen LogP) is 0.419. The van der Waals surface area contributed by atoms with E-state index >= 15 is 0 Å². The van der Waals surface area contributed by atoms with Crippen LogP contribution < -0.4 is 0 Å². The topological polar surface area (TPSA) is 37.3 Å². The van der Waals surface area contributed by atoms with Crippen LogP contribution in [0.5, 0.6) is 0 Å². The molecule has 0 aromatic carbocycles. The van der Waals surface area contributed by atoms with Gasteiger partial charge in [-0.05, 0) is 0 Å². The number of aliphatic hydroxyl groups excluding tert-OH is 1. The molecule has 0 heterocycles. The molecule has 0 aromatic heterocycles. The van der Waals surface area contributed by atoms with Crippen LogP contribution in [-0.4, -0.2) is 5.11 Å². The summed E-state index contributed by atoms with van der Waals surface area (Å²) >= 11 is 0.750. The summed E-state index contributed by atoms with van der Waals surface area (Å²) in [4.78, 5) is 0. The van der Waals surface area contributed by atoms with E-state index in [1.807, 2.05) is 0 Å².